The van der Waals surface area contributed by atoms with Gasteiger partial charge in [-0.3, -0.25) is 9.98 Å². The molecule has 3 heterocycles. The summed E-state index contributed by atoms with van der Waals surface area (Å²) in [6.07, 6.45) is 2.82. The molecular formula is C21H23N3O3S. The molecule has 0 fully saturated rings. The van der Waals surface area contributed by atoms with Crippen LogP contribution in [0.5, 0.6) is 17.2 Å². The van der Waals surface area contributed by atoms with Crippen molar-refractivity contribution in [2.24, 2.45) is 4.99 Å². The Labute approximate surface area is 168 Å². The van der Waals surface area contributed by atoms with E-state index in [1.165, 1.54) is 0 Å². The van der Waals surface area contributed by atoms with Crippen LogP contribution < -0.4 is 9.47 Å². The van der Waals surface area contributed by atoms with Crippen LogP contribution in [0.15, 0.2) is 41.5 Å². The second-order valence-corrected chi connectivity index (χ2v) is 7.88. The molecule has 1 aliphatic heterocycles. The molecule has 0 saturated carbocycles. The van der Waals surface area contributed by atoms with E-state index in [9.17, 15) is 0 Å². The number of hydrogen-bond acceptors (Lipinski definition) is 6. The zero-order valence-corrected chi connectivity index (χ0v) is 17.0. The molecule has 0 spiro atoms. The third-order valence-electron chi connectivity index (χ3n) is 4.61. The number of aromatic amines is 1. The van der Waals surface area contributed by atoms with Crippen LogP contribution in [0, 0.1) is 0 Å². The molecule has 0 aliphatic carbocycles. The summed E-state index contributed by atoms with van der Waals surface area (Å²) in [4.78, 5) is 12.5. The number of rotatable bonds is 7. The summed E-state index contributed by atoms with van der Waals surface area (Å²) in [5, 5.41) is 2.65. The zero-order valence-electron chi connectivity index (χ0n) is 16.2. The van der Waals surface area contributed by atoms with Gasteiger partial charge in [0.2, 0.25) is 0 Å². The molecule has 0 radical (unpaired) electrons. The van der Waals surface area contributed by atoms with Crippen LogP contribution in [0.2, 0.25) is 0 Å². The number of pyridine rings is 1. The van der Waals surface area contributed by atoms with Gasteiger partial charge >= 0.3 is 0 Å². The van der Waals surface area contributed by atoms with Gasteiger partial charge < -0.3 is 19.2 Å². The second-order valence-electron chi connectivity index (χ2n) is 6.59. The maximum absolute atomic E-state index is 6.00. The van der Waals surface area contributed by atoms with Crippen LogP contribution in [0.25, 0.3) is 10.9 Å². The van der Waals surface area contributed by atoms with Crippen LogP contribution in [0.4, 0.5) is 0 Å². The van der Waals surface area contributed by atoms with Gasteiger partial charge in [0, 0.05) is 23.8 Å². The Kier molecular flexibility index (Phi) is 5.54. The van der Waals surface area contributed by atoms with Crippen molar-refractivity contribution in [1.82, 2.24) is 9.97 Å². The topological polar surface area (TPSA) is 68.7 Å². The Balaban J connectivity index is 1.61. The largest absolute Gasteiger partial charge is 0.494 e. The zero-order chi connectivity index (χ0) is 19.5. The van der Waals surface area contributed by atoms with Gasteiger partial charge in [0.15, 0.2) is 0 Å². The van der Waals surface area contributed by atoms with E-state index in [4.69, 9.17) is 14.2 Å². The first-order chi connectivity index (χ1) is 13.7. The van der Waals surface area contributed by atoms with Crippen molar-refractivity contribution in [1.29, 1.82) is 0 Å². The quantitative estimate of drug-likeness (QED) is 0.621. The summed E-state index contributed by atoms with van der Waals surface area (Å²) in [5.74, 6) is 2.10. The number of fused-ring (bicyclic) bond motifs is 1. The summed E-state index contributed by atoms with van der Waals surface area (Å²) >= 11 is 1.83. The first kappa shape index (κ1) is 18.8. The molecule has 6 nitrogen and oxygen atoms in total. The molecule has 1 atom stereocenters. The number of H-pyrrole nitrogens is 1. The Morgan fingerprint density at radius 3 is 2.75 bits per heavy atom. The predicted molar refractivity (Wildman–Crippen MR) is 113 cm³/mol. The average Bonchev–Trinajstić information content (AvgIpc) is 3.35. The molecule has 2 aromatic heterocycles. The van der Waals surface area contributed by atoms with E-state index in [1.54, 1.807) is 20.4 Å². The lowest BCUT2D eigenvalue weighted by Gasteiger charge is -2.09. The smallest absolute Gasteiger partial charge is 0.146 e. The van der Waals surface area contributed by atoms with Gasteiger partial charge in [-0.05, 0) is 30.7 Å². The highest BCUT2D eigenvalue weighted by molar-refractivity contribution is 8.15. The molecule has 4 rings (SSSR count). The van der Waals surface area contributed by atoms with Gasteiger partial charge in [-0.25, -0.2) is 0 Å². The standard InChI is InChI=1S/C21H23N3O3S/c1-4-17-11-23-21(28-17)18-8-13-7-16(9-19(26-3)20(13)24-18)27-15-6-5-14(12-25-2)22-10-15/h5-10,17,24H,4,11-12H2,1-3H3. The number of methoxy groups -OCH3 is 2. The monoisotopic (exact) mass is 397 g/mol. The van der Waals surface area contributed by atoms with Crippen molar-refractivity contribution in [3.05, 3.63) is 47.9 Å². The van der Waals surface area contributed by atoms with E-state index >= 15 is 0 Å². The minimum atomic E-state index is 0.479. The normalized spacial score (nSPS) is 16.4. The molecule has 0 amide bonds. The molecular weight excluding hydrogens is 374 g/mol. The maximum Gasteiger partial charge on any atom is 0.146 e. The molecule has 0 bridgehead atoms. The lowest BCUT2D eigenvalue weighted by Crippen LogP contribution is -2.00. The fourth-order valence-electron chi connectivity index (χ4n) is 3.14. The van der Waals surface area contributed by atoms with Crippen molar-refractivity contribution < 1.29 is 14.2 Å². The third kappa shape index (κ3) is 3.86. The van der Waals surface area contributed by atoms with E-state index in [0.717, 1.165) is 46.0 Å². The summed E-state index contributed by atoms with van der Waals surface area (Å²) < 4.78 is 16.7. The number of nitrogens with zero attached hydrogens (tertiary/aromatic N) is 2. The maximum atomic E-state index is 6.00. The molecule has 3 aromatic rings. The van der Waals surface area contributed by atoms with E-state index < -0.39 is 0 Å². The molecule has 1 aliphatic rings. The fraction of sp³-hybridized carbons (Fsp3) is 0.333. The number of aromatic nitrogens is 2. The molecule has 7 heteroatoms. The SMILES string of the molecule is CCC1CN=C(c2cc3cc(Oc4ccc(COC)nc4)cc(OC)c3[nH]2)S1. The molecule has 1 unspecified atom stereocenters. The van der Waals surface area contributed by atoms with Gasteiger partial charge in [-0.15, -0.1) is 0 Å². The first-order valence-corrected chi connectivity index (χ1v) is 10.1. The number of nitrogens with one attached hydrogen (secondary N) is 1. The van der Waals surface area contributed by atoms with Gasteiger partial charge in [0.05, 0.1) is 43.4 Å². The Bertz CT molecular complexity index is 998. The van der Waals surface area contributed by atoms with Gasteiger partial charge in [0.25, 0.3) is 0 Å². The van der Waals surface area contributed by atoms with Gasteiger partial charge in [-0.2, -0.15) is 0 Å². The van der Waals surface area contributed by atoms with Gasteiger partial charge in [-0.1, -0.05) is 18.7 Å². The number of thioether (sulfide) groups is 1. The van der Waals surface area contributed by atoms with Gasteiger partial charge in [0.1, 0.15) is 22.3 Å². The number of aliphatic imine (C=N–C) groups is 1. The van der Waals surface area contributed by atoms with E-state index in [1.807, 2.05) is 36.0 Å². The highest BCUT2D eigenvalue weighted by atomic mass is 32.2. The number of hydrogen-bond donors (Lipinski definition) is 1. The number of ether oxygens (including phenoxy) is 3. The number of benzene rings is 1. The van der Waals surface area contributed by atoms with Crippen molar-refractivity contribution in [2.45, 2.75) is 25.2 Å². The molecule has 1 N–H and O–H groups in total. The highest BCUT2D eigenvalue weighted by Gasteiger charge is 2.21. The fourth-order valence-corrected chi connectivity index (χ4v) is 4.16. The predicted octanol–water partition coefficient (Wildman–Crippen LogP) is 4.78. The molecule has 0 saturated heterocycles. The molecule has 146 valence electrons. The van der Waals surface area contributed by atoms with E-state index in [2.05, 4.69) is 28.0 Å². The van der Waals surface area contributed by atoms with Crippen molar-refractivity contribution in [2.75, 3.05) is 20.8 Å². The lowest BCUT2D eigenvalue weighted by atomic mass is 10.2. The van der Waals surface area contributed by atoms with E-state index in [0.29, 0.717) is 23.4 Å². The van der Waals surface area contributed by atoms with Crippen LogP contribution in [0.3, 0.4) is 0 Å². The van der Waals surface area contributed by atoms with Crippen molar-refractivity contribution in [3.63, 3.8) is 0 Å². The Morgan fingerprint density at radius 1 is 1.18 bits per heavy atom. The summed E-state index contributed by atoms with van der Waals surface area (Å²) in [6, 6.07) is 9.76. The Hall–Kier alpha value is -2.51. The van der Waals surface area contributed by atoms with Crippen molar-refractivity contribution >= 4 is 27.7 Å². The average molecular weight is 398 g/mol. The highest BCUT2D eigenvalue weighted by Crippen LogP contribution is 2.35. The summed E-state index contributed by atoms with van der Waals surface area (Å²) in [6.45, 7) is 3.56. The van der Waals surface area contributed by atoms with Crippen LogP contribution >= 0.6 is 11.8 Å². The lowest BCUT2D eigenvalue weighted by molar-refractivity contribution is 0.181. The minimum absolute atomic E-state index is 0.479. The van der Waals surface area contributed by atoms with E-state index in [-0.39, 0.29) is 0 Å². The van der Waals surface area contributed by atoms with Crippen LogP contribution in [0.1, 0.15) is 24.7 Å². The summed E-state index contributed by atoms with van der Waals surface area (Å²) in [7, 11) is 3.31. The second kappa shape index (κ2) is 8.24. The first-order valence-electron chi connectivity index (χ1n) is 9.24. The molecule has 1 aromatic carbocycles. The van der Waals surface area contributed by atoms with Crippen LogP contribution in [-0.4, -0.2) is 41.0 Å². The minimum Gasteiger partial charge on any atom is -0.494 e. The van der Waals surface area contributed by atoms with Crippen molar-refractivity contribution in [3.8, 4) is 17.2 Å². The summed E-state index contributed by atoms with van der Waals surface area (Å²) in [5.41, 5.74) is 2.83. The van der Waals surface area contributed by atoms with Crippen LogP contribution in [-0.2, 0) is 11.3 Å². The third-order valence-corrected chi connectivity index (χ3v) is 6.00. The Morgan fingerprint density at radius 2 is 2.07 bits per heavy atom. The molecule has 28 heavy (non-hydrogen) atoms.